The topological polar surface area (TPSA) is 26.0 Å². The third-order valence-electron chi connectivity index (χ3n) is 2.87. The molecule has 0 bridgehead atoms. The molecule has 0 fully saturated rings. The van der Waals surface area contributed by atoms with Gasteiger partial charge in [0.2, 0.25) is 0 Å². The zero-order chi connectivity index (χ0) is 12.2. The van der Waals surface area contributed by atoms with E-state index in [1.165, 1.54) is 62.9 Å². The molecule has 0 aliphatic carbocycles. The minimum absolute atomic E-state index is 0. The van der Waals surface area contributed by atoms with Gasteiger partial charge in [-0.05, 0) is 24.3 Å². The number of hydrogen-bond acceptors (Lipinski definition) is 1. The van der Waals surface area contributed by atoms with Gasteiger partial charge < -0.3 is 5.73 Å². The van der Waals surface area contributed by atoms with Crippen molar-refractivity contribution in [1.82, 2.24) is 0 Å². The summed E-state index contributed by atoms with van der Waals surface area (Å²) in [6.45, 7) is 4.50. The van der Waals surface area contributed by atoms with Crippen molar-refractivity contribution in [3.05, 3.63) is 0 Å². The Morgan fingerprint density at radius 3 is 1.59 bits per heavy atom. The van der Waals surface area contributed by atoms with Crippen LogP contribution < -0.4 is 5.73 Å². The van der Waals surface area contributed by atoms with Crippen LogP contribution in [0.15, 0.2) is 0 Å². The van der Waals surface area contributed by atoms with E-state index in [1.54, 1.807) is 0 Å². The van der Waals surface area contributed by atoms with Crippen LogP contribution in [0.5, 0.6) is 0 Å². The van der Waals surface area contributed by atoms with Gasteiger partial charge in [-0.3, -0.25) is 0 Å². The van der Waals surface area contributed by atoms with Crippen molar-refractivity contribution in [2.24, 2.45) is 5.73 Å². The average Bonchev–Trinajstić information content (AvgIpc) is 2.26. The fourth-order valence-corrected chi connectivity index (χ4v) is 4.21. The maximum atomic E-state index is 5.83. The SMILES string of the molecule is CCCCCC[SH](CCCCCC)C(N)=S.[Cu]. The first-order chi connectivity index (χ1) is 7.72. The minimum Gasteiger partial charge on any atom is -0.386 e. The Kier molecular flexibility index (Phi) is 17.5. The number of thiol groups is 1. The van der Waals surface area contributed by atoms with E-state index in [0.29, 0.717) is 0 Å². The van der Waals surface area contributed by atoms with Crippen molar-refractivity contribution in [2.45, 2.75) is 65.2 Å². The second-order valence-electron chi connectivity index (χ2n) is 4.45. The van der Waals surface area contributed by atoms with Crippen molar-refractivity contribution in [1.29, 1.82) is 0 Å². The van der Waals surface area contributed by atoms with Crippen LogP contribution in [0, 0.1) is 0 Å². The summed E-state index contributed by atoms with van der Waals surface area (Å²) >= 11 is 5.18. The van der Waals surface area contributed by atoms with Crippen LogP contribution >= 0.6 is 23.1 Å². The maximum Gasteiger partial charge on any atom is 0.111 e. The summed E-state index contributed by atoms with van der Waals surface area (Å²) in [5, 5.41) is 0. The number of rotatable bonds is 10. The van der Waals surface area contributed by atoms with Gasteiger partial charge in [-0.2, -0.15) is 0 Å². The second-order valence-corrected chi connectivity index (χ2v) is 7.64. The third-order valence-corrected chi connectivity index (χ3v) is 5.98. The van der Waals surface area contributed by atoms with Crippen LogP contribution in [0.2, 0.25) is 0 Å². The molecule has 0 amide bonds. The zero-order valence-corrected chi connectivity index (χ0v) is 14.0. The number of nitrogens with two attached hydrogens (primary N) is 1. The molecule has 1 radical (unpaired) electrons. The predicted octanol–water partition coefficient (Wildman–Crippen LogP) is 4.39. The van der Waals surface area contributed by atoms with Gasteiger partial charge in [-0.1, -0.05) is 64.6 Å². The first-order valence-electron chi connectivity index (χ1n) is 6.76. The second kappa shape index (κ2) is 14.8. The molecule has 109 valence electrons. The van der Waals surface area contributed by atoms with Gasteiger partial charge in [-0.15, -0.1) is 0 Å². The molecule has 0 unspecified atom stereocenters. The van der Waals surface area contributed by atoms with Crippen LogP contribution in [0.3, 0.4) is 0 Å². The Bertz CT molecular complexity index is 165. The summed E-state index contributed by atoms with van der Waals surface area (Å²) in [5.74, 6) is 2.55. The van der Waals surface area contributed by atoms with Crippen LogP contribution in [0.4, 0.5) is 0 Å². The Labute approximate surface area is 127 Å². The van der Waals surface area contributed by atoms with E-state index in [0.717, 1.165) is 4.32 Å². The molecule has 0 atom stereocenters. The van der Waals surface area contributed by atoms with Crippen molar-refractivity contribution >= 4 is 27.4 Å². The molecule has 4 heteroatoms. The van der Waals surface area contributed by atoms with Crippen LogP contribution in [-0.4, -0.2) is 15.8 Å². The van der Waals surface area contributed by atoms with E-state index in [-0.39, 0.29) is 28.0 Å². The van der Waals surface area contributed by atoms with Crippen molar-refractivity contribution in [3.8, 4) is 0 Å². The van der Waals surface area contributed by atoms with Gasteiger partial charge in [0.1, 0.15) is 4.32 Å². The van der Waals surface area contributed by atoms with E-state index >= 15 is 0 Å². The molecule has 0 aromatic rings. The molecular weight excluding hydrogens is 298 g/mol. The smallest absolute Gasteiger partial charge is 0.111 e. The Morgan fingerprint density at radius 1 is 0.882 bits per heavy atom. The molecule has 0 aliphatic heterocycles. The van der Waals surface area contributed by atoms with E-state index in [4.69, 9.17) is 18.0 Å². The van der Waals surface area contributed by atoms with Crippen LogP contribution in [0.25, 0.3) is 0 Å². The normalized spacial score (nSPS) is 10.8. The molecule has 0 spiro atoms. The maximum absolute atomic E-state index is 5.83. The molecular formula is C13H29CuNS2. The number of hydrogen-bond donors (Lipinski definition) is 2. The summed E-state index contributed by atoms with van der Waals surface area (Å²) in [6.07, 6.45) is 10.7. The predicted molar refractivity (Wildman–Crippen MR) is 83.8 cm³/mol. The first-order valence-corrected chi connectivity index (χ1v) is 8.88. The molecule has 0 aromatic heterocycles. The molecule has 0 rings (SSSR count). The summed E-state index contributed by atoms with van der Waals surface area (Å²) in [6, 6.07) is 0. The van der Waals surface area contributed by atoms with E-state index < -0.39 is 0 Å². The molecule has 17 heavy (non-hydrogen) atoms. The van der Waals surface area contributed by atoms with Gasteiger partial charge in [0.15, 0.2) is 0 Å². The minimum atomic E-state index is -0.144. The van der Waals surface area contributed by atoms with E-state index in [2.05, 4.69) is 13.8 Å². The average molecular weight is 327 g/mol. The van der Waals surface area contributed by atoms with Crippen molar-refractivity contribution < 1.29 is 17.1 Å². The van der Waals surface area contributed by atoms with Crippen molar-refractivity contribution in [2.75, 3.05) is 11.5 Å². The molecule has 0 saturated carbocycles. The molecule has 1 nitrogen and oxygen atoms in total. The molecule has 0 heterocycles. The molecule has 0 saturated heterocycles. The van der Waals surface area contributed by atoms with Gasteiger partial charge in [-0.25, -0.2) is 10.9 Å². The summed E-state index contributed by atoms with van der Waals surface area (Å²) in [4.78, 5) is 0. The van der Waals surface area contributed by atoms with Gasteiger partial charge >= 0.3 is 0 Å². The van der Waals surface area contributed by atoms with E-state index in [1.807, 2.05) is 0 Å². The summed E-state index contributed by atoms with van der Waals surface area (Å²) in [7, 11) is -0.144. The molecule has 0 aromatic carbocycles. The van der Waals surface area contributed by atoms with E-state index in [9.17, 15) is 0 Å². The fourth-order valence-electron chi connectivity index (χ4n) is 1.79. The van der Waals surface area contributed by atoms with Crippen molar-refractivity contribution in [3.63, 3.8) is 0 Å². The summed E-state index contributed by atoms with van der Waals surface area (Å²) < 4.78 is 0.808. The zero-order valence-electron chi connectivity index (χ0n) is 11.3. The van der Waals surface area contributed by atoms with Crippen LogP contribution in [-0.2, 0) is 17.1 Å². The Hall–Kier alpha value is 0.759. The van der Waals surface area contributed by atoms with Gasteiger partial charge in [0.05, 0.1) is 0 Å². The Balaban J connectivity index is 0. The standard InChI is InChI=1S/C13H29NS2.Cu/c1-3-5-7-9-11-16(13(14)15)12-10-8-6-4-2;/h16H,3-12H2,1-2H3,(H2,14,15);. The summed E-state index contributed by atoms with van der Waals surface area (Å²) in [5.41, 5.74) is 5.83. The van der Waals surface area contributed by atoms with Gasteiger partial charge in [0.25, 0.3) is 0 Å². The quantitative estimate of drug-likeness (QED) is 0.269. The number of thiocarbonyl (C=S) groups is 1. The first kappa shape index (κ1) is 20.1. The third kappa shape index (κ3) is 13.0. The van der Waals surface area contributed by atoms with Crippen LogP contribution in [0.1, 0.15) is 65.2 Å². The molecule has 2 N–H and O–H groups in total. The fraction of sp³-hybridized carbons (Fsp3) is 0.923. The Morgan fingerprint density at radius 2 is 1.29 bits per heavy atom. The largest absolute Gasteiger partial charge is 0.386 e. The monoisotopic (exact) mass is 326 g/mol. The number of unbranched alkanes of at least 4 members (excludes halogenated alkanes) is 6. The molecule has 0 aliphatic rings. The van der Waals surface area contributed by atoms with Gasteiger partial charge in [0, 0.05) is 17.1 Å².